The van der Waals surface area contributed by atoms with Crippen LogP contribution < -0.4 is 5.32 Å². The second-order valence-electron chi connectivity index (χ2n) is 4.71. The second-order valence-corrected chi connectivity index (χ2v) is 4.71. The molecule has 0 aliphatic carbocycles. The Kier molecular flexibility index (Phi) is 4.50. The highest BCUT2D eigenvalue weighted by Crippen LogP contribution is 2.13. The van der Waals surface area contributed by atoms with Gasteiger partial charge in [-0.25, -0.2) is 0 Å². The zero-order valence-corrected chi connectivity index (χ0v) is 10.8. The fourth-order valence-electron chi connectivity index (χ4n) is 2.29. The van der Waals surface area contributed by atoms with Gasteiger partial charge in [0.15, 0.2) is 5.82 Å². The Balaban J connectivity index is 1.88. The molecular formula is C12H22N4O. The molecule has 1 fully saturated rings. The zero-order chi connectivity index (χ0) is 12.1. The van der Waals surface area contributed by atoms with E-state index in [4.69, 9.17) is 4.52 Å². The van der Waals surface area contributed by atoms with Crippen molar-refractivity contribution in [2.24, 2.45) is 0 Å². The molecule has 0 bridgehead atoms. The molecule has 96 valence electrons. The Morgan fingerprint density at radius 3 is 3.06 bits per heavy atom. The van der Waals surface area contributed by atoms with E-state index < -0.39 is 0 Å². The lowest BCUT2D eigenvalue weighted by Gasteiger charge is -2.25. The number of aryl methyl sites for hydroxylation is 1. The van der Waals surface area contributed by atoms with Crippen LogP contribution in [0.5, 0.6) is 0 Å². The average Bonchev–Trinajstić information content (AvgIpc) is 2.62. The smallest absolute Gasteiger partial charge is 0.226 e. The standard InChI is InChI=1S/C12H22N4O/c1-3-12-14-11(15-17-12)9-16(2)10-5-4-7-13-8-6-10/h10,13H,3-9H2,1-2H3/t10-/m1/s1. The fourth-order valence-corrected chi connectivity index (χ4v) is 2.29. The molecule has 1 aromatic rings. The zero-order valence-electron chi connectivity index (χ0n) is 10.8. The quantitative estimate of drug-likeness (QED) is 0.854. The summed E-state index contributed by atoms with van der Waals surface area (Å²) < 4.78 is 5.13. The Bertz CT molecular complexity index is 331. The SMILES string of the molecule is CCc1nc(CN(C)[C@@H]2CCCNCC2)no1. The van der Waals surface area contributed by atoms with Gasteiger partial charge in [-0.05, 0) is 39.4 Å². The van der Waals surface area contributed by atoms with E-state index in [1.165, 1.54) is 19.3 Å². The molecule has 1 aromatic heterocycles. The summed E-state index contributed by atoms with van der Waals surface area (Å²) in [6.45, 7) is 5.07. The van der Waals surface area contributed by atoms with Crippen molar-refractivity contribution in [3.63, 3.8) is 0 Å². The van der Waals surface area contributed by atoms with Gasteiger partial charge in [0.05, 0.1) is 6.54 Å². The van der Waals surface area contributed by atoms with Gasteiger partial charge in [-0.3, -0.25) is 4.90 Å². The first-order chi connectivity index (χ1) is 8.29. The van der Waals surface area contributed by atoms with Crippen LogP contribution in [0.1, 0.15) is 37.9 Å². The maximum Gasteiger partial charge on any atom is 0.226 e. The molecule has 0 saturated carbocycles. The molecule has 0 spiro atoms. The second kappa shape index (κ2) is 6.12. The normalized spacial score (nSPS) is 21.7. The Labute approximate surface area is 103 Å². The molecule has 1 aliphatic heterocycles. The van der Waals surface area contributed by atoms with Crippen molar-refractivity contribution >= 4 is 0 Å². The van der Waals surface area contributed by atoms with Gasteiger partial charge in [0, 0.05) is 12.5 Å². The van der Waals surface area contributed by atoms with Crippen molar-refractivity contribution in [2.45, 2.75) is 45.2 Å². The van der Waals surface area contributed by atoms with Crippen LogP contribution in [0, 0.1) is 0 Å². The first-order valence-corrected chi connectivity index (χ1v) is 6.52. The molecule has 5 nitrogen and oxygen atoms in total. The number of hydrogen-bond acceptors (Lipinski definition) is 5. The molecule has 1 saturated heterocycles. The topological polar surface area (TPSA) is 54.2 Å². The van der Waals surface area contributed by atoms with E-state index in [-0.39, 0.29) is 0 Å². The highest BCUT2D eigenvalue weighted by Gasteiger charge is 2.18. The fraction of sp³-hybridized carbons (Fsp3) is 0.833. The van der Waals surface area contributed by atoms with Crippen molar-refractivity contribution < 1.29 is 4.52 Å². The summed E-state index contributed by atoms with van der Waals surface area (Å²) in [7, 11) is 2.15. The van der Waals surface area contributed by atoms with E-state index in [9.17, 15) is 0 Å². The van der Waals surface area contributed by atoms with Crippen molar-refractivity contribution in [2.75, 3.05) is 20.1 Å². The molecule has 2 heterocycles. The first-order valence-electron chi connectivity index (χ1n) is 6.52. The van der Waals surface area contributed by atoms with E-state index in [1.807, 2.05) is 6.92 Å². The summed E-state index contributed by atoms with van der Waals surface area (Å²) in [4.78, 5) is 6.70. The number of hydrogen-bond donors (Lipinski definition) is 1. The van der Waals surface area contributed by atoms with E-state index in [0.717, 1.165) is 37.8 Å². The molecule has 1 N–H and O–H groups in total. The minimum Gasteiger partial charge on any atom is -0.339 e. The van der Waals surface area contributed by atoms with Crippen molar-refractivity contribution in [3.8, 4) is 0 Å². The maximum atomic E-state index is 5.13. The van der Waals surface area contributed by atoms with Crippen LogP contribution in [0.2, 0.25) is 0 Å². The third-order valence-corrected chi connectivity index (χ3v) is 3.37. The van der Waals surface area contributed by atoms with Crippen LogP contribution in [0.15, 0.2) is 4.52 Å². The molecule has 0 unspecified atom stereocenters. The first kappa shape index (κ1) is 12.5. The lowest BCUT2D eigenvalue weighted by atomic mass is 10.1. The van der Waals surface area contributed by atoms with Gasteiger partial charge in [-0.1, -0.05) is 12.1 Å². The third kappa shape index (κ3) is 3.51. The monoisotopic (exact) mass is 238 g/mol. The molecule has 17 heavy (non-hydrogen) atoms. The number of nitrogens with one attached hydrogen (secondary N) is 1. The van der Waals surface area contributed by atoms with Crippen molar-refractivity contribution in [1.82, 2.24) is 20.4 Å². The summed E-state index contributed by atoms with van der Waals surface area (Å²) in [6.07, 6.45) is 4.52. The van der Waals surface area contributed by atoms with Crippen molar-refractivity contribution in [1.29, 1.82) is 0 Å². The van der Waals surface area contributed by atoms with E-state index >= 15 is 0 Å². The van der Waals surface area contributed by atoms with Crippen LogP contribution in [0.25, 0.3) is 0 Å². The molecule has 0 aromatic carbocycles. The lowest BCUT2D eigenvalue weighted by Crippen LogP contribution is -2.32. The molecular weight excluding hydrogens is 216 g/mol. The van der Waals surface area contributed by atoms with Gasteiger partial charge in [0.2, 0.25) is 5.89 Å². The predicted octanol–water partition coefficient (Wildman–Crippen LogP) is 1.21. The molecule has 1 atom stereocenters. The number of aromatic nitrogens is 2. The molecule has 2 rings (SSSR count). The summed E-state index contributed by atoms with van der Waals surface area (Å²) >= 11 is 0. The van der Waals surface area contributed by atoms with Gasteiger partial charge in [0.1, 0.15) is 0 Å². The van der Waals surface area contributed by atoms with Gasteiger partial charge in [-0.2, -0.15) is 4.98 Å². The van der Waals surface area contributed by atoms with Gasteiger partial charge in [-0.15, -0.1) is 0 Å². The lowest BCUT2D eigenvalue weighted by molar-refractivity contribution is 0.209. The largest absolute Gasteiger partial charge is 0.339 e. The maximum absolute atomic E-state index is 5.13. The molecule has 1 aliphatic rings. The predicted molar refractivity (Wildman–Crippen MR) is 65.7 cm³/mol. The van der Waals surface area contributed by atoms with Crippen molar-refractivity contribution in [3.05, 3.63) is 11.7 Å². The molecule has 5 heteroatoms. The summed E-state index contributed by atoms with van der Waals surface area (Å²) in [5, 5.41) is 7.43. The Hall–Kier alpha value is -0.940. The van der Waals surface area contributed by atoms with Crippen LogP contribution in [-0.2, 0) is 13.0 Å². The van der Waals surface area contributed by atoms with Crippen LogP contribution in [0.3, 0.4) is 0 Å². The third-order valence-electron chi connectivity index (χ3n) is 3.37. The van der Waals surface area contributed by atoms with E-state index in [2.05, 4.69) is 27.4 Å². The van der Waals surface area contributed by atoms with Gasteiger partial charge >= 0.3 is 0 Å². The minimum atomic E-state index is 0.633. The highest BCUT2D eigenvalue weighted by atomic mass is 16.5. The van der Waals surface area contributed by atoms with Crippen LogP contribution in [0.4, 0.5) is 0 Å². The summed E-state index contributed by atoms with van der Waals surface area (Å²) in [6, 6.07) is 0.633. The van der Waals surface area contributed by atoms with Gasteiger partial charge in [0.25, 0.3) is 0 Å². The average molecular weight is 238 g/mol. The van der Waals surface area contributed by atoms with Crippen LogP contribution in [-0.4, -0.2) is 41.2 Å². The number of nitrogens with zero attached hydrogens (tertiary/aromatic N) is 3. The van der Waals surface area contributed by atoms with Gasteiger partial charge < -0.3 is 9.84 Å². The summed E-state index contributed by atoms with van der Waals surface area (Å²) in [5.41, 5.74) is 0. The minimum absolute atomic E-state index is 0.633. The Morgan fingerprint density at radius 2 is 2.29 bits per heavy atom. The van der Waals surface area contributed by atoms with Crippen LogP contribution >= 0.6 is 0 Å². The Morgan fingerprint density at radius 1 is 1.41 bits per heavy atom. The highest BCUT2D eigenvalue weighted by molar-refractivity contribution is 4.87. The van der Waals surface area contributed by atoms with E-state index in [0.29, 0.717) is 6.04 Å². The summed E-state index contributed by atoms with van der Waals surface area (Å²) in [5.74, 6) is 1.54. The molecule has 0 radical (unpaired) electrons. The van der Waals surface area contributed by atoms with E-state index in [1.54, 1.807) is 0 Å². The number of rotatable bonds is 4. The molecule has 0 amide bonds.